The van der Waals surface area contributed by atoms with E-state index in [4.69, 9.17) is 5.73 Å². The van der Waals surface area contributed by atoms with E-state index in [9.17, 15) is 26.4 Å². The van der Waals surface area contributed by atoms with Crippen molar-refractivity contribution in [2.75, 3.05) is 4.72 Å². The Morgan fingerprint density at radius 1 is 1.00 bits per heavy atom. The summed E-state index contributed by atoms with van der Waals surface area (Å²) in [5.41, 5.74) is 3.47. The summed E-state index contributed by atoms with van der Waals surface area (Å²) in [7, 11) is -4.56. The van der Waals surface area contributed by atoms with Crippen LogP contribution in [-0.2, 0) is 16.2 Å². The van der Waals surface area contributed by atoms with Gasteiger partial charge < -0.3 is 5.73 Å². The number of nitrogens with two attached hydrogens (primary N) is 1. The van der Waals surface area contributed by atoms with E-state index in [0.29, 0.717) is 6.07 Å². The first-order valence-electron chi connectivity index (χ1n) is 6.21. The summed E-state index contributed by atoms with van der Waals surface area (Å²) in [6.45, 7) is 0. The van der Waals surface area contributed by atoms with E-state index < -0.39 is 32.6 Å². The minimum atomic E-state index is -4.84. The second kappa shape index (κ2) is 5.92. The van der Waals surface area contributed by atoms with Crippen molar-refractivity contribution in [3.05, 3.63) is 59.7 Å². The Morgan fingerprint density at radius 3 is 2.17 bits per heavy atom. The van der Waals surface area contributed by atoms with Crippen LogP contribution in [0.5, 0.6) is 0 Å². The summed E-state index contributed by atoms with van der Waals surface area (Å²) in [4.78, 5) is 10.3. The maximum atomic E-state index is 13.0. The number of benzene rings is 2. The minimum Gasteiger partial charge on any atom is -0.366 e. The highest BCUT2D eigenvalue weighted by Gasteiger charge is 2.37. The number of hydrogen-bond acceptors (Lipinski definition) is 3. The molecule has 0 unspecified atom stereocenters. The van der Waals surface area contributed by atoms with Crippen LogP contribution >= 0.6 is 0 Å². The van der Waals surface area contributed by atoms with Gasteiger partial charge in [0, 0.05) is 0 Å². The first-order chi connectivity index (χ1) is 10.6. The zero-order valence-electron chi connectivity index (χ0n) is 11.5. The summed E-state index contributed by atoms with van der Waals surface area (Å²) in [6, 6.07) is 9.10. The van der Waals surface area contributed by atoms with Crippen LogP contribution in [0.1, 0.15) is 15.9 Å². The number of para-hydroxylation sites is 1. The largest absolute Gasteiger partial charge is 0.417 e. The van der Waals surface area contributed by atoms with Gasteiger partial charge in [-0.15, -0.1) is 0 Å². The number of anilines is 1. The summed E-state index contributed by atoms with van der Waals surface area (Å²) in [5, 5.41) is 0. The van der Waals surface area contributed by atoms with Crippen LogP contribution in [0, 0.1) is 0 Å². The Labute approximate surface area is 130 Å². The lowest BCUT2D eigenvalue weighted by Gasteiger charge is -2.15. The maximum Gasteiger partial charge on any atom is 0.417 e. The maximum absolute atomic E-state index is 13.0. The van der Waals surface area contributed by atoms with Gasteiger partial charge in [-0.1, -0.05) is 24.3 Å². The van der Waals surface area contributed by atoms with Gasteiger partial charge in [0.1, 0.15) is 0 Å². The number of alkyl halides is 3. The highest BCUT2D eigenvalue weighted by molar-refractivity contribution is 7.92. The van der Waals surface area contributed by atoms with Crippen LogP contribution < -0.4 is 10.5 Å². The Bertz CT molecular complexity index is 848. The number of amides is 1. The molecule has 1 amide bonds. The van der Waals surface area contributed by atoms with Crippen LogP contribution in [-0.4, -0.2) is 14.3 Å². The molecule has 23 heavy (non-hydrogen) atoms. The normalized spacial score (nSPS) is 12.0. The summed E-state index contributed by atoms with van der Waals surface area (Å²) in [5.74, 6) is -0.910. The van der Waals surface area contributed by atoms with Crippen molar-refractivity contribution in [1.82, 2.24) is 0 Å². The number of halogens is 3. The molecule has 2 rings (SSSR count). The summed E-state index contributed by atoms with van der Waals surface area (Å²) >= 11 is 0. The Kier molecular flexibility index (Phi) is 4.33. The van der Waals surface area contributed by atoms with Crippen LogP contribution in [0.25, 0.3) is 0 Å². The van der Waals surface area contributed by atoms with Gasteiger partial charge in [-0.2, -0.15) is 13.2 Å². The zero-order chi connectivity index (χ0) is 17.3. The topological polar surface area (TPSA) is 89.3 Å². The van der Waals surface area contributed by atoms with Gasteiger partial charge in [0.25, 0.3) is 15.9 Å². The number of hydrogen-bond donors (Lipinski definition) is 2. The quantitative estimate of drug-likeness (QED) is 0.893. The van der Waals surface area contributed by atoms with Crippen molar-refractivity contribution in [2.24, 2.45) is 5.73 Å². The van der Waals surface area contributed by atoms with Crippen LogP contribution in [0.3, 0.4) is 0 Å². The lowest BCUT2D eigenvalue weighted by Crippen LogP contribution is -2.21. The molecule has 3 N–H and O–H groups in total. The Hall–Kier alpha value is -2.55. The number of carbonyl (C=O) groups is 1. The third-order valence-corrected chi connectivity index (χ3v) is 4.34. The predicted molar refractivity (Wildman–Crippen MR) is 77.2 cm³/mol. The molecule has 0 spiro atoms. The van der Waals surface area contributed by atoms with E-state index in [-0.39, 0.29) is 11.3 Å². The second-order valence-electron chi connectivity index (χ2n) is 4.51. The third kappa shape index (κ3) is 3.62. The van der Waals surface area contributed by atoms with Gasteiger partial charge in [0.2, 0.25) is 0 Å². The lowest BCUT2D eigenvalue weighted by atomic mass is 10.2. The Morgan fingerprint density at radius 2 is 1.57 bits per heavy atom. The molecule has 0 bridgehead atoms. The predicted octanol–water partition coefficient (Wildman–Crippen LogP) is 2.61. The fraction of sp³-hybridized carbons (Fsp3) is 0.0714. The van der Waals surface area contributed by atoms with Crippen LogP contribution in [0.15, 0.2) is 53.4 Å². The van der Waals surface area contributed by atoms with E-state index in [1.807, 2.05) is 4.72 Å². The van der Waals surface area contributed by atoms with Crippen molar-refractivity contribution in [2.45, 2.75) is 11.1 Å². The molecule has 5 nitrogen and oxygen atoms in total. The molecule has 0 fully saturated rings. The number of nitrogens with one attached hydrogen (secondary N) is 1. The molecule has 9 heteroatoms. The molecule has 2 aromatic rings. The van der Waals surface area contributed by atoms with Crippen molar-refractivity contribution < 1.29 is 26.4 Å². The molecule has 0 saturated heterocycles. The smallest absolute Gasteiger partial charge is 0.366 e. The summed E-state index contributed by atoms with van der Waals surface area (Å²) in [6.07, 6.45) is -4.84. The standard InChI is InChI=1S/C14H11F3N2O3S/c15-14(16,17)10-6-2-4-8-12(10)23(21,22)19-11-7-3-1-5-9(11)13(18)20/h1-8,19H,(H2,18,20). The van der Waals surface area contributed by atoms with Gasteiger partial charge in [-0.25, -0.2) is 8.42 Å². The van der Waals surface area contributed by atoms with Crippen molar-refractivity contribution in [1.29, 1.82) is 0 Å². The average molecular weight is 344 g/mol. The van der Waals surface area contributed by atoms with Gasteiger partial charge in [-0.3, -0.25) is 9.52 Å². The molecule has 0 saturated carbocycles. The number of primary amides is 1. The number of carbonyl (C=O) groups excluding carboxylic acids is 1. The summed E-state index contributed by atoms with van der Waals surface area (Å²) < 4.78 is 65.4. The molecule has 0 heterocycles. The van der Waals surface area contributed by atoms with Crippen LogP contribution in [0.4, 0.5) is 18.9 Å². The van der Waals surface area contributed by atoms with Crippen molar-refractivity contribution in [3.63, 3.8) is 0 Å². The molecule has 2 aromatic carbocycles. The van der Waals surface area contributed by atoms with E-state index in [1.54, 1.807) is 0 Å². The monoisotopic (exact) mass is 344 g/mol. The van der Waals surface area contributed by atoms with Gasteiger partial charge >= 0.3 is 6.18 Å². The van der Waals surface area contributed by atoms with Crippen LogP contribution in [0.2, 0.25) is 0 Å². The second-order valence-corrected chi connectivity index (χ2v) is 6.16. The molecule has 0 atom stereocenters. The van der Waals surface area contributed by atoms with Gasteiger partial charge in [-0.05, 0) is 24.3 Å². The molecular weight excluding hydrogens is 333 g/mol. The molecule has 0 aliphatic rings. The average Bonchev–Trinajstić information content (AvgIpc) is 2.46. The molecule has 0 radical (unpaired) electrons. The fourth-order valence-corrected chi connectivity index (χ4v) is 3.23. The molecule has 0 aliphatic heterocycles. The van der Waals surface area contributed by atoms with Crippen molar-refractivity contribution >= 4 is 21.6 Å². The van der Waals surface area contributed by atoms with Crippen molar-refractivity contribution in [3.8, 4) is 0 Å². The molecule has 0 aromatic heterocycles. The van der Waals surface area contributed by atoms with E-state index in [1.165, 1.54) is 30.3 Å². The first kappa shape index (κ1) is 16.8. The highest BCUT2D eigenvalue weighted by Crippen LogP contribution is 2.34. The highest BCUT2D eigenvalue weighted by atomic mass is 32.2. The molecular formula is C14H11F3N2O3S. The first-order valence-corrected chi connectivity index (χ1v) is 7.69. The van der Waals surface area contributed by atoms with Gasteiger partial charge in [0.05, 0.1) is 21.7 Å². The Balaban J connectivity index is 2.52. The minimum absolute atomic E-state index is 0.152. The zero-order valence-corrected chi connectivity index (χ0v) is 12.3. The fourth-order valence-electron chi connectivity index (χ4n) is 1.92. The third-order valence-electron chi connectivity index (χ3n) is 2.92. The van der Waals surface area contributed by atoms with E-state index in [0.717, 1.165) is 12.1 Å². The lowest BCUT2D eigenvalue weighted by molar-refractivity contribution is -0.139. The van der Waals surface area contributed by atoms with Gasteiger partial charge in [0.15, 0.2) is 0 Å². The SMILES string of the molecule is NC(=O)c1ccccc1NS(=O)(=O)c1ccccc1C(F)(F)F. The van der Waals surface area contributed by atoms with E-state index in [2.05, 4.69) is 0 Å². The molecule has 122 valence electrons. The van der Waals surface area contributed by atoms with E-state index >= 15 is 0 Å². The number of rotatable bonds is 4. The number of sulfonamides is 1. The molecule has 0 aliphatic carbocycles.